The monoisotopic (exact) mass is 437 g/mol. The highest BCUT2D eigenvalue weighted by atomic mass is 35.5. The van der Waals surface area contributed by atoms with Gasteiger partial charge in [0.1, 0.15) is 5.02 Å². The van der Waals surface area contributed by atoms with E-state index in [1.807, 2.05) is 13.8 Å². The summed E-state index contributed by atoms with van der Waals surface area (Å²) in [5, 5.41) is 5.86. The third kappa shape index (κ3) is 4.71. The number of anilines is 2. The van der Waals surface area contributed by atoms with Gasteiger partial charge in [-0.2, -0.15) is 8.78 Å². The van der Waals surface area contributed by atoms with E-state index < -0.39 is 18.5 Å². The van der Waals surface area contributed by atoms with Gasteiger partial charge in [0.05, 0.1) is 35.4 Å². The zero-order valence-corrected chi connectivity index (χ0v) is 17.0. The maximum Gasteiger partial charge on any atom is 0.388 e. The van der Waals surface area contributed by atoms with Crippen molar-refractivity contribution in [3.05, 3.63) is 47.0 Å². The average Bonchev–Trinajstić information content (AvgIpc) is 2.69. The molecule has 8 nitrogen and oxygen atoms in total. The van der Waals surface area contributed by atoms with Crippen LogP contribution in [0.5, 0.6) is 5.88 Å². The molecule has 30 heavy (non-hydrogen) atoms. The van der Waals surface area contributed by atoms with Crippen molar-refractivity contribution >= 4 is 39.9 Å². The fourth-order valence-corrected chi connectivity index (χ4v) is 3.13. The van der Waals surface area contributed by atoms with Gasteiger partial charge in [-0.15, -0.1) is 0 Å². The Hall–Kier alpha value is -3.11. The Kier molecular flexibility index (Phi) is 6.58. The molecule has 0 saturated heterocycles. The summed E-state index contributed by atoms with van der Waals surface area (Å²) in [4.78, 5) is 24.9. The minimum Gasteiger partial charge on any atom is -0.415 e. The number of fused-ring (bicyclic) bond motifs is 1. The Morgan fingerprint density at radius 2 is 1.97 bits per heavy atom. The molecular weight excluding hydrogens is 420 g/mol. The Morgan fingerprint density at radius 1 is 1.20 bits per heavy atom. The first kappa shape index (κ1) is 21.6. The average molecular weight is 438 g/mol. The van der Waals surface area contributed by atoms with E-state index >= 15 is 0 Å². The summed E-state index contributed by atoms with van der Waals surface area (Å²) in [5.74, 6) is -0.435. The minimum absolute atomic E-state index is 0.170. The Balaban J connectivity index is 1.86. The van der Waals surface area contributed by atoms with E-state index in [9.17, 15) is 13.6 Å². The van der Waals surface area contributed by atoms with Crippen LogP contribution in [0.4, 0.5) is 25.0 Å². The Bertz CT molecular complexity index is 1080. The highest BCUT2D eigenvalue weighted by Crippen LogP contribution is 2.33. The standard InChI is InChI=1S/C19H18ClF2N5O3/c1-9-15-13(4-5-23-9)24-8-14(16(15)10(2)29-3)27-19(28)26-11-6-12(20)17(25-7-11)30-18(21)22/h4-8,10,18H,1-3H3,(H2,26,27,28). The van der Waals surface area contributed by atoms with Gasteiger partial charge in [-0.1, -0.05) is 11.6 Å². The first-order valence-corrected chi connectivity index (χ1v) is 9.13. The largest absolute Gasteiger partial charge is 0.415 e. The zero-order chi connectivity index (χ0) is 21.8. The number of carbonyl (C=O) groups excluding carboxylic acids is 1. The second-order valence-corrected chi connectivity index (χ2v) is 6.63. The van der Waals surface area contributed by atoms with E-state index in [4.69, 9.17) is 16.3 Å². The third-order valence-corrected chi connectivity index (χ3v) is 4.56. The van der Waals surface area contributed by atoms with Gasteiger partial charge < -0.3 is 20.1 Å². The molecule has 2 amide bonds. The molecule has 0 radical (unpaired) electrons. The predicted octanol–water partition coefficient (Wildman–Crippen LogP) is 4.94. The molecule has 0 aliphatic carbocycles. The zero-order valence-electron chi connectivity index (χ0n) is 16.2. The SMILES string of the molecule is COC(C)c1c(NC(=O)Nc2cnc(OC(F)F)c(Cl)c2)cnc2ccnc(C)c12. The predicted molar refractivity (Wildman–Crippen MR) is 108 cm³/mol. The molecule has 3 aromatic rings. The number of carbonyl (C=O) groups is 1. The molecule has 1 atom stereocenters. The van der Waals surface area contributed by atoms with Crippen LogP contribution in [0, 0.1) is 6.92 Å². The number of ether oxygens (including phenoxy) is 2. The number of nitrogens with one attached hydrogen (secondary N) is 2. The van der Waals surface area contributed by atoms with Crippen molar-refractivity contribution in [2.75, 3.05) is 17.7 Å². The number of aryl methyl sites for hydroxylation is 1. The molecule has 3 rings (SSSR count). The summed E-state index contributed by atoms with van der Waals surface area (Å²) < 4.78 is 34.3. The quantitative estimate of drug-likeness (QED) is 0.566. The number of nitrogens with zero attached hydrogens (tertiary/aromatic N) is 3. The summed E-state index contributed by atoms with van der Waals surface area (Å²) in [5.41, 5.74) is 2.81. The molecule has 2 N–H and O–H groups in total. The molecule has 11 heteroatoms. The first-order chi connectivity index (χ1) is 14.3. The molecule has 0 aliphatic heterocycles. The molecule has 0 aromatic carbocycles. The molecule has 158 valence electrons. The molecule has 0 fully saturated rings. The van der Waals surface area contributed by atoms with E-state index in [1.54, 1.807) is 19.4 Å². The molecule has 0 saturated carbocycles. The van der Waals surface area contributed by atoms with Crippen molar-refractivity contribution in [1.82, 2.24) is 15.0 Å². The van der Waals surface area contributed by atoms with E-state index in [0.29, 0.717) is 5.69 Å². The maximum atomic E-state index is 12.5. The summed E-state index contributed by atoms with van der Waals surface area (Å²) in [6, 6.07) is 2.41. The second-order valence-electron chi connectivity index (χ2n) is 6.22. The fraction of sp³-hybridized carbons (Fsp3) is 0.263. The lowest BCUT2D eigenvalue weighted by molar-refractivity contribution is -0.0527. The number of aromatic nitrogens is 3. The summed E-state index contributed by atoms with van der Waals surface area (Å²) in [6.07, 6.45) is 3.98. The van der Waals surface area contributed by atoms with Crippen LogP contribution >= 0.6 is 11.6 Å². The van der Waals surface area contributed by atoms with Crippen molar-refractivity contribution in [2.45, 2.75) is 26.6 Å². The minimum atomic E-state index is -3.06. The van der Waals surface area contributed by atoms with E-state index in [2.05, 4.69) is 30.3 Å². The number of methoxy groups -OCH3 is 1. The van der Waals surface area contributed by atoms with Crippen molar-refractivity contribution in [2.24, 2.45) is 0 Å². The van der Waals surface area contributed by atoms with Crippen LogP contribution in [0.3, 0.4) is 0 Å². The maximum absolute atomic E-state index is 12.5. The number of urea groups is 1. The number of rotatable bonds is 6. The van der Waals surface area contributed by atoms with Crippen molar-refractivity contribution in [3.8, 4) is 5.88 Å². The van der Waals surface area contributed by atoms with Crippen molar-refractivity contribution < 1.29 is 23.0 Å². The normalized spacial score (nSPS) is 12.1. The van der Waals surface area contributed by atoms with Gasteiger partial charge in [0.25, 0.3) is 0 Å². The number of alkyl halides is 2. The van der Waals surface area contributed by atoms with Gasteiger partial charge in [0.2, 0.25) is 5.88 Å². The van der Waals surface area contributed by atoms with Gasteiger partial charge in [-0.25, -0.2) is 9.78 Å². The fourth-order valence-electron chi connectivity index (χ4n) is 2.92. The van der Waals surface area contributed by atoms with Crippen LogP contribution in [-0.2, 0) is 4.74 Å². The molecule has 0 bridgehead atoms. The van der Waals surface area contributed by atoms with E-state index in [0.717, 1.165) is 28.4 Å². The van der Waals surface area contributed by atoms with E-state index in [-0.39, 0.29) is 16.8 Å². The first-order valence-electron chi connectivity index (χ1n) is 8.75. The summed E-state index contributed by atoms with van der Waals surface area (Å²) in [6.45, 7) is 0.628. The van der Waals surface area contributed by atoms with Crippen LogP contribution in [0.1, 0.15) is 24.3 Å². The van der Waals surface area contributed by atoms with Crippen LogP contribution in [0.2, 0.25) is 5.02 Å². The topological polar surface area (TPSA) is 98.3 Å². The number of halogens is 3. The third-order valence-electron chi connectivity index (χ3n) is 4.29. The molecule has 3 heterocycles. The second kappa shape index (κ2) is 9.14. The molecule has 0 aliphatic rings. The van der Waals surface area contributed by atoms with Gasteiger partial charge in [0, 0.05) is 30.0 Å². The lowest BCUT2D eigenvalue weighted by Gasteiger charge is -2.19. The number of hydrogen-bond acceptors (Lipinski definition) is 6. The van der Waals surface area contributed by atoms with Gasteiger partial charge in [-0.3, -0.25) is 9.97 Å². The van der Waals surface area contributed by atoms with Crippen LogP contribution < -0.4 is 15.4 Å². The summed E-state index contributed by atoms with van der Waals surface area (Å²) >= 11 is 5.86. The van der Waals surface area contributed by atoms with Crippen LogP contribution in [0.25, 0.3) is 10.9 Å². The van der Waals surface area contributed by atoms with Crippen LogP contribution in [-0.4, -0.2) is 34.7 Å². The highest BCUT2D eigenvalue weighted by molar-refractivity contribution is 6.32. The molecular formula is C19H18ClF2N5O3. The lowest BCUT2D eigenvalue weighted by Crippen LogP contribution is -2.21. The lowest BCUT2D eigenvalue weighted by atomic mass is 10.0. The molecule has 1 unspecified atom stereocenters. The number of hydrogen-bond donors (Lipinski definition) is 2. The summed E-state index contributed by atoms with van der Waals surface area (Å²) in [7, 11) is 1.56. The van der Waals surface area contributed by atoms with Crippen LogP contribution in [0.15, 0.2) is 30.7 Å². The number of pyridine rings is 3. The Morgan fingerprint density at radius 3 is 2.63 bits per heavy atom. The van der Waals surface area contributed by atoms with Crippen molar-refractivity contribution in [3.63, 3.8) is 0 Å². The smallest absolute Gasteiger partial charge is 0.388 e. The number of amides is 2. The van der Waals surface area contributed by atoms with Gasteiger partial charge in [-0.05, 0) is 26.0 Å². The van der Waals surface area contributed by atoms with Gasteiger partial charge in [0.15, 0.2) is 0 Å². The molecule has 0 spiro atoms. The highest BCUT2D eigenvalue weighted by Gasteiger charge is 2.19. The van der Waals surface area contributed by atoms with Gasteiger partial charge >= 0.3 is 12.6 Å². The van der Waals surface area contributed by atoms with Crippen molar-refractivity contribution in [1.29, 1.82) is 0 Å². The van der Waals surface area contributed by atoms with E-state index in [1.165, 1.54) is 12.3 Å². The molecule has 3 aromatic heterocycles. The Labute approximate surface area is 175 Å².